The van der Waals surface area contributed by atoms with Crippen molar-refractivity contribution in [2.45, 2.75) is 19.9 Å². The average molecular weight is 397 g/mol. The van der Waals surface area contributed by atoms with E-state index in [0.717, 1.165) is 22.4 Å². The summed E-state index contributed by atoms with van der Waals surface area (Å²) in [5, 5.41) is 6.25. The first-order chi connectivity index (χ1) is 13.5. The van der Waals surface area contributed by atoms with Crippen LogP contribution in [0.2, 0.25) is 5.02 Å². The molecule has 7 nitrogen and oxygen atoms in total. The van der Waals surface area contributed by atoms with Gasteiger partial charge in [-0.2, -0.15) is 4.98 Å². The van der Waals surface area contributed by atoms with Gasteiger partial charge in [0, 0.05) is 22.8 Å². The summed E-state index contributed by atoms with van der Waals surface area (Å²) in [5.41, 5.74) is 15.7. The Morgan fingerprint density at radius 3 is 2.36 bits per heavy atom. The molecule has 2 aromatic carbocycles. The van der Waals surface area contributed by atoms with Crippen LogP contribution in [0, 0.1) is 0 Å². The molecule has 144 valence electrons. The van der Waals surface area contributed by atoms with Crippen LogP contribution < -0.4 is 22.1 Å². The quantitative estimate of drug-likeness (QED) is 0.522. The largest absolute Gasteiger partial charge is 0.383 e. The van der Waals surface area contributed by atoms with E-state index in [2.05, 4.69) is 20.6 Å². The lowest BCUT2D eigenvalue weighted by molar-refractivity contribution is 0.251. The number of hydrogen-bond donors (Lipinski definition) is 4. The number of anilines is 3. The van der Waals surface area contributed by atoms with Gasteiger partial charge in [0.25, 0.3) is 0 Å². The smallest absolute Gasteiger partial charge is 0.319 e. The summed E-state index contributed by atoms with van der Waals surface area (Å²) in [4.78, 5) is 20.4. The molecule has 0 aliphatic heterocycles. The van der Waals surface area contributed by atoms with Gasteiger partial charge < -0.3 is 22.1 Å². The van der Waals surface area contributed by atoms with Crippen LogP contribution in [-0.2, 0) is 13.0 Å². The molecule has 0 atom stereocenters. The van der Waals surface area contributed by atoms with Crippen molar-refractivity contribution in [2.75, 3.05) is 16.8 Å². The van der Waals surface area contributed by atoms with E-state index >= 15 is 0 Å². The summed E-state index contributed by atoms with van der Waals surface area (Å²) in [6.45, 7) is 2.38. The first-order valence-corrected chi connectivity index (χ1v) is 9.15. The Balaban J connectivity index is 1.66. The second-order valence-electron chi connectivity index (χ2n) is 6.15. The fraction of sp³-hybridized carbons (Fsp3) is 0.150. The van der Waals surface area contributed by atoms with Crippen molar-refractivity contribution in [3.8, 4) is 11.1 Å². The summed E-state index contributed by atoms with van der Waals surface area (Å²) in [7, 11) is 0. The monoisotopic (exact) mass is 396 g/mol. The zero-order valence-electron chi connectivity index (χ0n) is 15.4. The van der Waals surface area contributed by atoms with Crippen LogP contribution in [-0.4, -0.2) is 16.0 Å². The SMILES string of the molecule is CCc1nc(N)nc(N)c1-c1ccc(NC(=O)NCc2ccc(Cl)cc2)cc1. The Hall–Kier alpha value is -3.32. The minimum Gasteiger partial charge on any atom is -0.383 e. The molecule has 0 radical (unpaired) electrons. The molecule has 0 fully saturated rings. The molecule has 0 aliphatic rings. The lowest BCUT2D eigenvalue weighted by Gasteiger charge is -2.12. The number of nitrogens with zero attached hydrogens (tertiary/aromatic N) is 2. The van der Waals surface area contributed by atoms with Crippen molar-refractivity contribution in [2.24, 2.45) is 0 Å². The third-order valence-corrected chi connectivity index (χ3v) is 4.41. The Morgan fingerprint density at radius 1 is 1.04 bits per heavy atom. The Labute approximate surface area is 168 Å². The molecule has 6 N–H and O–H groups in total. The van der Waals surface area contributed by atoms with Crippen molar-refractivity contribution < 1.29 is 4.79 Å². The standard InChI is InChI=1S/C20H21ClN6O/c1-2-16-17(18(22)27-19(23)26-16)13-5-9-15(10-6-13)25-20(28)24-11-12-3-7-14(21)8-4-12/h3-10H,2,11H2,1H3,(H2,24,25,28)(H4,22,23,26,27). The Kier molecular flexibility index (Phi) is 5.96. The number of benzene rings is 2. The lowest BCUT2D eigenvalue weighted by Crippen LogP contribution is -2.28. The molecule has 0 saturated heterocycles. The van der Waals surface area contributed by atoms with E-state index in [1.807, 2.05) is 31.2 Å². The van der Waals surface area contributed by atoms with Crippen molar-refractivity contribution in [3.63, 3.8) is 0 Å². The molecule has 3 rings (SSSR count). The fourth-order valence-corrected chi connectivity index (χ4v) is 2.92. The van der Waals surface area contributed by atoms with Crippen LogP contribution in [0.25, 0.3) is 11.1 Å². The summed E-state index contributed by atoms with van der Waals surface area (Å²) in [5.74, 6) is 0.500. The van der Waals surface area contributed by atoms with Crippen LogP contribution in [0.1, 0.15) is 18.2 Å². The highest BCUT2D eigenvalue weighted by Gasteiger charge is 2.12. The molecular formula is C20H21ClN6O. The van der Waals surface area contributed by atoms with Gasteiger partial charge in [0.15, 0.2) is 0 Å². The summed E-state index contributed by atoms with van der Waals surface area (Å²) in [6.07, 6.45) is 0.680. The average Bonchev–Trinajstić information content (AvgIpc) is 2.68. The summed E-state index contributed by atoms with van der Waals surface area (Å²) < 4.78 is 0. The van der Waals surface area contributed by atoms with Gasteiger partial charge in [-0.3, -0.25) is 0 Å². The van der Waals surface area contributed by atoms with Crippen LogP contribution in [0.3, 0.4) is 0 Å². The second-order valence-corrected chi connectivity index (χ2v) is 6.59. The number of hydrogen-bond acceptors (Lipinski definition) is 5. The zero-order chi connectivity index (χ0) is 20.1. The first kappa shape index (κ1) is 19.4. The lowest BCUT2D eigenvalue weighted by atomic mass is 10.0. The van der Waals surface area contributed by atoms with E-state index < -0.39 is 0 Å². The van der Waals surface area contributed by atoms with Crippen molar-refractivity contribution >= 4 is 35.1 Å². The summed E-state index contributed by atoms with van der Waals surface area (Å²) >= 11 is 5.85. The third-order valence-electron chi connectivity index (χ3n) is 4.16. The van der Waals surface area contributed by atoms with Gasteiger partial charge in [-0.25, -0.2) is 9.78 Å². The predicted molar refractivity (Wildman–Crippen MR) is 113 cm³/mol. The number of amides is 2. The van der Waals surface area contributed by atoms with Gasteiger partial charge in [0.2, 0.25) is 5.95 Å². The number of nitrogen functional groups attached to an aromatic ring is 2. The maximum absolute atomic E-state index is 12.1. The van der Waals surface area contributed by atoms with Crippen molar-refractivity contribution in [1.82, 2.24) is 15.3 Å². The van der Waals surface area contributed by atoms with Crippen LogP contribution >= 0.6 is 11.6 Å². The number of nitrogens with one attached hydrogen (secondary N) is 2. The van der Waals surface area contributed by atoms with Crippen LogP contribution in [0.4, 0.5) is 22.2 Å². The van der Waals surface area contributed by atoms with E-state index in [9.17, 15) is 4.79 Å². The number of rotatable bonds is 5. The molecule has 8 heteroatoms. The molecule has 0 aliphatic carbocycles. The number of carbonyl (C=O) groups is 1. The van der Waals surface area contributed by atoms with Crippen LogP contribution in [0.5, 0.6) is 0 Å². The maximum atomic E-state index is 12.1. The molecule has 28 heavy (non-hydrogen) atoms. The fourth-order valence-electron chi connectivity index (χ4n) is 2.80. The van der Waals surface area contributed by atoms with Gasteiger partial charge in [-0.1, -0.05) is 42.8 Å². The summed E-state index contributed by atoms with van der Waals surface area (Å²) in [6, 6.07) is 14.3. The molecule has 0 unspecified atom stereocenters. The highest BCUT2D eigenvalue weighted by molar-refractivity contribution is 6.30. The van der Waals surface area contributed by atoms with E-state index in [1.54, 1.807) is 24.3 Å². The number of urea groups is 1. The van der Waals surface area contributed by atoms with E-state index in [1.165, 1.54) is 0 Å². The highest BCUT2D eigenvalue weighted by atomic mass is 35.5. The topological polar surface area (TPSA) is 119 Å². The van der Waals surface area contributed by atoms with E-state index in [-0.39, 0.29) is 12.0 Å². The molecule has 0 spiro atoms. The molecule has 1 heterocycles. The number of aryl methyl sites for hydroxylation is 1. The van der Waals surface area contributed by atoms with Gasteiger partial charge >= 0.3 is 6.03 Å². The maximum Gasteiger partial charge on any atom is 0.319 e. The van der Waals surface area contributed by atoms with E-state index in [0.29, 0.717) is 29.5 Å². The molecule has 3 aromatic rings. The van der Waals surface area contributed by atoms with Gasteiger partial charge in [0.05, 0.1) is 5.69 Å². The van der Waals surface area contributed by atoms with E-state index in [4.69, 9.17) is 23.1 Å². The second kappa shape index (κ2) is 8.58. The van der Waals surface area contributed by atoms with Crippen molar-refractivity contribution in [1.29, 1.82) is 0 Å². The normalized spacial score (nSPS) is 10.5. The number of aromatic nitrogens is 2. The molecular weight excluding hydrogens is 376 g/mol. The number of nitrogens with two attached hydrogens (primary N) is 2. The van der Waals surface area contributed by atoms with Crippen LogP contribution in [0.15, 0.2) is 48.5 Å². The molecule has 1 aromatic heterocycles. The zero-order valence-corrected chi connectivity index (χ0v) is 16.1. The Morgan fingerprint density at radius 2 is 1.71 bits per heavy atom. The Bertz CT molecular complexity index is 973. The van der Waals surface area contributed by atoms with Crippen molar-refractivity contribution in [3.05, 3.63) is 64.8 Å². The number of carbonyl (C=O) groups excluding carboxylic acids is 1. The van der Waals surface area contributed by atoms with Gasteiger partial charge in [0.1, 0.15) is 5.82 Å². The molecule has 2 amide bonds. The predicted octanol–water partition coefficient (Wildman–Crippen LogP) is 3.85. The minimum atomic E-state index is -0.299. The van der Waals surface area contributed by atoms with Gasteiger partial charge in [-0.05, 0) is 41.8 Å². The molecule has 0 saturated carbocycles. The molecule has 0 bridgehead atoms. The third kappa shape index (κ3) is 4.69. The van der Waals surface area contributed by atoms with Gasteiger partial charge in [-0.15, -0.1) is 0 Å². The first-order valence-electron chi connectivity index (χ1n) is 8.78. The minimum absolute atomic E-state index is 0.161. The highest BCUT2D eigenvalue weighted by Crippen LogP contribution is 2.29. The number of halogens is 1.